The van der Waals surface area contributed by atoms with Crippen LogP contribution in [0.25, 0.3) is 5.57 Å². The van der Waals surface area contributed by atoms with Gasteiger partial charge < -0.3 is 19.1 Å². The number of aromatic nitrogens is 3. The third-order valence-electron chi connectivity index (χ3n) is 7.32. The monoisotopic (exact) mass is 487 g/mol. The summed E-state index contributed by atoms with van der Waals surface area (Å²) in [6.45, 7) is -0.305. The zero-order valence-electron chi connectivity index (χ0n) is 19.5. The molecule has 2 aromatic heterocycles. The van der Waals surface area contributed by atoms with Gasteiger partial charge in [0.05, 0.1) is 18.3 Å². The van der Waals surface area contributed by atoms with Crippen molar-refractivity contribution in [3.05, 3.63) is 52.3 Å². The van der Waals surface area contributed by atoms with E-state index in [1.807, 2.05) is 0 Å². The summed E-state index contributed by atoms with van der Waals surface area (Å²) in [6, 6.07) is 1.85. The highest BCUT2D eigenvalue weighted by Crippen LogP contribution is 2.51. The van der Waals surface area contributed by atoms with Crippen LogP contribution in [-0.4, -0.2) is 69.5 Å². The van der Waals surface area contributed by atoms with Crippen LogP contribution in [0.2, 0.25) is 0 Å². The van der Waals surface area contributed by atoms with E-state index >= 15 is 0 Å². The van der Waals surface area contributed by atoms with E-state index in [2.05, 4.69) is 11.1 Å². The van der Waals surface area contributed by atoms with Gasteiger partial charge in [-0.15, -0.1) is 0 Å². The number of imidazole rings is 1. The fourth-order valence-corrected chi connectivity index (χ4v) is 7.57. The van der Waals surface area contributed by atoms with Crippen molar-refractivity contribution in [2.75, 3.05) is 20.7 Å². The lowest BCUT2D eigenvalue weighted by Gasteiger charge is -2.37. The zero-order chi connectivity index (χ0) is 24.4. The smallest absolute Gasteiger partial charge is 0.263 e. The highest BCUT2D eigenvalue weighted by molar-refractivity contribution is 7.89. The maximum atomic E-state index is 13.8. The first kappa shape index (κ1) is 23.0. The van der Waals surface area contributed by atoms with Crippen LogP contribution in [0.1, 0.15) is 36.6 Å². The summed E-state index contributed by atoms with van der Waals surface area (Å²) >= 11 is 0. The lowest BCUT2D eigenvalue weighted by atomic mass is 9.86. The number of rotatable bonds is 5. The number of aryl methyl sites for hydroxylation is 1. The van der Waals surface area contributed by atoms with Gasteiger partial charge in [-0.2, -0.15) is 4.31 Å². The molecule has 2 bridgehead atoms. The van der Waals surface area contributed by atoms with Crippen LogP contribution in [-0.2, 0) is 28.4 Å². The number of hydrogen-bond donors (Lipinski definition) is 1. The predicted molar refractivity (Wildman–Crippen MR) is 124 cm³/mol. The number of aliphatic hydroxyl groups excluding tert-OH is 1. The Kier molecular flexibility index (Phi) is 5.53. The minimum Gasteiger partial charge on any atom is -0.396 e. The number of carbonyl (C=O) groups excluding carboxylic acids is 1. The largest absolute Gasteiger partial charge is 0.396 e. The van der Waals surface area contributed by atoms with Crippen LogP contribution in [0, 0.1) is 11.8 Å². The van der Waals surface area contributed by atoms with Crippen molar-refractivity contribution in [3.8, 4) is 0 Å². The third kappa shape index (κ3) is 3.29. The topological polar surface area (TPSA) is 118 Å². The molecule has 182 valence electrons. The number of aliphatic hydroxyl groups is 1. The first-order valence-corrected chi connectivity index (χ1v) is 12.9. The van der Waals surface area contributed by atoms with Crippen molar-refractivity contribution >= 4 is 21.5 Å². The van der Waals surface area contributed by atoms with E-state index in [0.29, 0.717) is 11.3 Å². The molecule has 1 aliphatic carbocycles. The van der Waals surface area contributed by atoms with Gasteiger partial charge in [0.15, 0.2) is 5.03 Å². The molecule has 11 heteroatoms. The van der Waals surface area contributed by atoms with Gasteiger partial charge in [-0.25, -0.2) is 13.4 Å². The molecule has 4 heterocycles. The molecule has 10 nitrogen and oxygen atoms in total. The average Bonchev–Trinajstić information content (AvgIpc) is 3.52. The minimum absolute atomic E-state index is 0.0697. The molecular weight excluding hydrogens is 458 g/mol. The molecule has 1 amide bonds. The molecule has 3 aliphatic rings. The molecule has 5 rings (SSSR count). The second kappa shape index (κ2) is 8.17. The van der Waals surface area contributed by atoms with Gasteiger partial charge in [-0.1, -0.05) is 6.08 Å². The molecule has 0 spiro atoms. The Balaban J connectivity index is 1.71. The van der Waals surface area contributed by atoms with Crippen molar-refractivity contribution in [1.82, 2.24) is 23.3 Å². The van der Waals surface area contributed by atoms with Gasteiger partial charge in [-0.3, -0.25) is 9.59 Å². The summed E-state index contributed by atoms with van der Waals surface area (Å²) in [6.07, 6.45) is 7.68. The highest BCUT2D eigenvalue weighted by Gasteiger charge is 2.60. The molecule has 4 atom stereocenters. The second-order valence-corrected chi connectivity index (χ2v) is 11.3. The van der Waals surface area contributed by atoms with E-state index in [1.165, 1.54) is 21.7 Å². The Hall–Kier alpha value is -2.76. The van der Waals surface area contributed by atoms with Gasteiger partial charge in [-0.05, 0) is 37.0 Å². The number of amides is 1. The van der Waals surface area contributed by atoms with Crippen molar-refractivity contribution in [2.45, 2.75) is 42.9 Å². The van der Waals surface area contributed by atoms with Crippen molar-refractivity contribution in [3.63, 3.8) is 0 Å². The Labute approximate surface area is 198 Å². The molecule has 0 radical (unpaired) electrons. The van der Waals surface area contributed by atoms with Crippen LogP contribution in [0.15, 0.2) is 40.6 Å². The summed E-state index contributed by atoms with van der Waals surface area (Å²) in [7, 11) is 0.801. The number of fused-ring (bicyclic) bond motifs is 4. The zero-order valence-corrected chi connectivity index (χ0v) is 20.3. The Morgan fingerprint density at radius 2 is 2.06 bits per heavy atom. The van der Waals surface area contributed by atoms with Crippen LogP contribution in [0.4, 0.5) is 0 Å². The highest BCUT2D eigenvalue weighted by atomic mass is 32.2. The standard InChI is InChI=1S/C23H29N5O5S/c1-25(2)23(31)20-16(12-29)18-10-27-17(9-8-15(22(27)30)14-6-4-5-7-14)21(20)28(18)34(32,33)19-11-26(3)13-24-19/h6,8-9,11,13,16,18,20-21,29H,4-5,7,10,12H2,1-3H3/t16-,18-,20+,21+/m0/s1. The van der Waals surface area contributed by atoms with E-state index in [0.717, 1.165) is 24.8 Å². The van der Waals surface area contributed by atoms with E-state index in [-0.39, 0.29) is 29.6 Å². The van der Waals surface area contributed by atoms with E-state index < -0.39 is 33.9 Å². The van der Waals surface area contributed by atoms with Gasteiger partial charge in [0.25, 0.3) is 15.6 Å². The van der Waals surface area contributed by atoms with Crippen LogP contribution in [0.3, 0.4) is 0 Å². The number of carbonyl (C=O) groups is 1. The second-order valence-electron chi connectivity index (χ2n) is 9.54. The average molecular weight is 488 g/mol. The molecule has 0 saturated carbocycles. The Morgan fingerprint density at radius 3 is 2.65 bits per heavy atom. The first-order chi connectivity index (χ1) is 16.2. The lowest BCUT2D eigenvalue weighted by molar-refractivity contribution is -0.135. The van der Waals surface area contributed by atoms with Gasteiger partial charge >= 0.3 is 0 Å². The molecule has 34 heavy (non-hydrogen) atoms. The molecule has 2 aromatic rings. The van der Waals surface area contributed by atoms with Crippen molar-refractivity contribution in [1.29, 1.82) is 0 Å². The molecular formula is C23H29N5O5S. The van der Waals surface area contributed by atoms with Crippen molar-refractivity contribution < 1.29 is 18.3 Å². The Morgan fingerprint density at radius 1 is 1.29 bits per heavy atom. The molecule has 1 N–H and O–H groups in total. The number of nitrogens with zero attached hydrogens (tertiary/aromatic N) is 5. The molecule has 1 fully saturated rings. The van der Waals surface area contributed by atoms with Crippen LogP contribution in [0.5, 0.6) is 0 Å². The number of hydrogen-bond acceptors (Lipinski definition) is 6. The van der Waals surface area contributed by atoms with E-state index in [4.69, 9.17) is 0 Å². The van der Waals surface area contributed by atoms with E-state index in [1.54, 1.807) is 42.4 Å². The summed E-state index contributed by atoms with van der Waals surface area (Å²) < 4.78 is 32.0. The number of sulfonamides is 1. The lowest BCUT2D eigenvalue weighted by Crippen LogP contribution is -2.49. The van der Waals surface area contributed by atoms with E-state index in [9.17, 15) is 23.1 Å². The maximum absolute atomic E-state index is 13.8. The predicted octanol–water partition coefficient (Wildman–Crippen LogP) is 0.590. The van der Waals surface area contributed by atoms with Gasteiger partial charge in [0.2, 0.25) is 5.91 Å². The third-order valence-corrected chi connectivity index (χ3v) is 9.12. The molecule has 1 saturated heterocycles. The fraction of sp³-hybridized carbons (Fsp3) is 0.522. The number of pyridine rings is 1. The summed E-state index contributed by atoms with van der Waals surface area (Å²) in [5.41, 5.74) is 1.93. The quantitative estimate of drug-likeness (QED) is 0.660. The molecule has 0 unspecified atom stereocenters. The molecule has 2 aliphatic heterocycles. The summed E-state index contributed by atoms with van der Waals surface area (Å²) in [4.78, 5) is 32.3. The fourth-order valence-electron chi connectivity index (χ4n) is 5.75. The van der Waals surface area contributed by atoms with Gasteiger partial charge in [0, 0.05) is 63.7 Å². The van der Waals surface area contributed by atoms with Crippen LogP contribution < -0.4 is 5.56 Å². The minimum atomic E-state index is -4.10. The first-order valence-electron chi connectivity index (χ1n) is 11.4. The number of allylic oxidation sites excluding steroid dienone is 2. The molecule has 0 aromatic carbocycles. The van der Waals surface area contributed by atoms with Gasteiger partial charge in [0.1, 0.15) is 0 Å². The normalized spacial score (nSPS) is 26.4. The maximum Gasteiger partial charge on any atom is 0.263 e. The SMILES string of the molecule is CN(C)C(=O)[C@@H]1[C@@H](CO)[C@@H]2Cn3c(ccc(C4=CCCC4)c3=O)[C@H]1N2S(=O)(=O)c1cn(C)cn1. The van der Waals surface area contributed by atoms with Crippen LogP contribution >= 0.6 is 0 Å². The summed E-state index contributed by atoms with van der Waals surface area (Å²) in [5.74, 6) is -1.77. The Bertz CT molecular complexity index is 1340. The summed E-state index contributed by atoms with van der Waals surface area (Å²) in [5, 5.41) is 10.2. The van der Waals surface area contributed by atoms with Crippen molar-refractivity contribution in [2.24, 2.45) is 18.9 Å².